The minimum Gasteiger partial charge on any atom is -0.493 e. The summed E-state index contributed by atoms with van der Waals surface area (Å²) in [5, 5.41) is 3.06. The lowest BCUT2D eigenvalue weighted by molar-refractivity contribution is -0.187. The van der Waals surface area contributed by atoms with Crippen molar-refractivity contribution in [1.29, 1.82) is 0 Å². The molecular weight excluding hydrogens is 301 g/mol. The largest absolute Gasteiger partial charge is 0.493 e. The lowest BCUT2D eigenvalue weighted by atomic mass is 10.0. The Morgan fingerprint density at radius 3 is 2.59 bits per heavy atom. The second-order valence-electron chi connectivity index (χ2n) is 5.19. The molecule has 2 aliphatic heterocycles. The molecule has 22 heavy (non-hydrogen) atoms. The summed E-state index contributed by atoms with van der Waals surface area (Å²) < 4.78 is 56.4. The zero-order valence-electron chi connectivity index (χ0n) is 12.1. The fourth-order valence-electron chi connectivity index (χ4n) is 2.85. The summed E-state index contributed by atoms with van der Waals surface area (Å²) in [6.07, 6.45) is -4.38. The molecule has 3 rings (SSSR count). The van der Waals surface area contributed by atoms with Gasteiger partial charge in [-0.05, 0) is 17.7 Å². The van der Waals surface area contributed by atoms with Crippen molar-refractivity contribution in [2.75, 3.05) is 40.1 Å². The van der Waals surface area contributed by atoms with Gasteiger partial charge in [0.1, 0.15) is 6.04 Å². The SMILES string of the molecule is COc1cc([C@H](N2CCNCC2)C(F)(F)F)cc2c1OCO2. The van der Waals surface area contributed by atoms with Gasteiger partial charge in [-0.1, -0.05) is 0 Å². The van der Waals surface area contributed by atoms with E-state index in [1.54, 1.807) is 0 Å². The Morgan fingerprint density at radius 1 is 1.23 bits per heavy atom. The number of fused-ring (bicyclic) bond motifs is 1. The van der Waals surface area contributed by atoms with E-state index in [2.05, 4.69) is 5.32 Å². The van der Waals surface area contributed by atoms with E-state index in [4.69, 9.17) is 14.2 Å². The summed E-state index contributed by atoms with van der Waals surface area (Å²) in [7, 11) is 1.40. The van der Waals surface area contributed by atoms with Gasteiger partial charge in [-0.3, -0.25) is 4.90 Å². The molecule has 2 heterocycles. The van der Waals surface area contributed by atoms with Gasteiger partial charge >= 0.3 is 6.18 Å². The minimum atomic E-state index is -4.38. The van der Waals surface area contributed by atoms with Crippen LogP contribution in [0.4, 0.5) is 13.2 Å². The van der Waals surface area contributed by atoms with E-state index in [1.165, 1.54) is 24.1 Å². The van der Waals surface area contributed by atoms with Crippen LogP contribution in [0.2, 0.25) is 0 Å². The van der Waals surface area contributed by atoms with Crippen LogP contribution in [0, 0.1) is 0 Å². The third-order valence-corrected chi connectivity index (χ3v) is 3.82. The van der Waals surface area contributed by atoms with Crippen LogP contribution in [0.5, 0.6) is 17.2 Å². The number of nitrogens with one attached hydrogen (secondary N) is 1. The average molecular weight is 318 g/mol. The molecule has 0 saturated carbocycles. The maximum atomic E-state index is 13.6. The Kier molecular flexibility index (Phi) is 4.05. The number of piperazine rings is 1. The standard InChI is InChI=1S/C14H17F3N2O3/c1-20-10-6-9(7-11-12(10)22-8-21-11)13(14(15,16)17)19-4-2-18-3-5-19/h6-7,13,18H,2-5,8H2,1H3/t13-/m0/s1. The first-order valence-corrected chi connectivity index (χ1v) is 6.99. The zero-order chi connectivity index (χ0) is 15.7. The number of nitrogens with zero attached hydrogens (tertiary/aromatic N) is 1. The number of halogens is 3. The van der Waals surface area contributed by atoms with Crippen molar-refractivity contribution in [3.8, 4) is 17.2 Å². The number of alkyl halides is 3. The molecule has 0 aliphatic carbocycles. The van der Waals surface area contributed by atoms with Gasteiger partial charge in [-0.2, -0.15) is 13.2 Å². The number of methoxy groups -OCH3 is 1. The molecule has 0 amide bonds. The average Bonchev–Trinajstić information content (AvgIpc) is 2.94. The Labute approximate surface area is 125 Å². The van der Waals surface area contributed by atoms with Crippen LogP contribution in [0.15, 0.2) is 12.1 Å². The molecule has 5 nitrogen and oxygen atoms in total. The van der Waals surface area contributed by atoms with Gasteiger partial charge in [0.25, 0.3) is 0 Å². The quantitative estimate of drug-likeness (QED) is 0.922. The highest BCUT2D eigenvalue weighted by Gasteiger charge is 2.45. The smallest absolute Gasteiger partial charge is 0.408 e. The zero-order valence-corrected chi connectivity index (χ0v) is 12.1. The fraction of sp³-hybridized carbons (Fsp3) is 0.571. The number of rotatable bonds is 3. The topological polar surface area (TPSA) is 43.0 Å². The van der Waals surface area contributed by atoms with Crippen LogP contribution in [-0.4, -0.2) is 51.2 Å². The number of hydrogen-bond donors (Lipinski definition) is 1. The lowest BCUT2D eigenvalue weighted by Gasteiger charge is -2.36. The molecule has 1 aromatic carbocycles. The van der Waals surface area contributed by atoms with Crippen molar-refractivity contribution in [2.24, 2.45) is 0 Å². The molecule has 1 aromatic rings. The highest BCUT2D eigenvalue weighted by atomic mass is 19.4. The first-order chi connectivity index (χ1) is 10.5. The first kappa shape index (κ1) is 15.2. The van der Waals surface area contributed by atoms with Crippen LogP contribution in [0.1, 0.15) is 11.6 Å². The summed E-state index contributed by atoms with van der Waals surface area (Å²) >= 11 is 0. The molecule has 1 atom stereocenters. The predicted octanol–water partition coefficient (Wildman–Crippen LogP) is 1.93. The van der Waals surface area contributed by atoms with E-state index in [1.807, 2.05) is 0 Å². The minimum absolute atomic E-state index is 0.0144. The fourth-order valence-corrected chi connectivity index (χ4v) is 2.85. The van der Waals surface area contributed by atoms with E-state index in [0.29, 0.717) is 37.7 Å². The van der Waals surface area contributed by atoms with E-state index >= 15 is 0 Å². The highest BCUT2D eigenvalue weighted by molar-refractivity contribution is 5.55. The first-order valence-electron chi connectivity index (χ1n) is 6.99. The second kappa shape index (κ2) is 5.85. The molecule has 8 heteroatoms. The van der Waals surface area contributed by atoms with Crippen LogP contribution in [0.3, 0.4) is 0 Å². The van der Waals surface area contributed by atoms with E-state index < -0.39 is 12.2 Å². The Bertz CT molecular complexity index is 545. The van der Waals surface area contributed by atoms with Gasteiger partial charge < -0.3 is 19.5 Å². The number of ether oxygens (including phenoxy) is 3. The summed E-state index contributed by atoms with van der Waals surface area (Å²) in [5.41, 5.74) is 0.107. The molecule has 0 radical (unpaired) electrons. The Hall–Kier alpha value is -1.67. The van der Waals surface area contributed by atoms with E-state index in [0.717, 1.165) is 0 Å². The lowest BCUT2D eigenvalue weighted by Crippen LogP contribution is -2.49. The molecule has 0 spiro atoms. The van der Waals surface area contributed by atoms with Crippen molar-refractivity contribution in [3.05, 3.63) is 17.7 Å². The number of hydrogen-bond acceptors (Lipinski definition) is 5. The maximum absolute atomic E-state index is 13.6. The molecule has 0 aromatic heterocycles. The van der Waals surface area contributed by atoms with Crippen molar-refractivity contribution >= 4 is 0 Å². The summed E-state index contributed by atoms with van der Waals surface area (Å²) in [6, 6.07) is 1.09. The van der Waals surface area contributed by atoms with Crippen molar-refractivity contribution < 1.29 is 27.4 Å². The van der Waals surface area contributed by atoms with Crippen LogP contribution < -0.4 is 19.5 Å². The number of benzene rings is 1. The van der Waals surface area contributed by atoms with Gasteiger partial charge in [0, 0.05) is 26.2 Å². The molecule has 2 aliphatic rings. The van der Waals surface area contributed by atoms with Gasteiger partial charge in [0.05, 0.1) is 7.11 Å². The maximum Gasteiger partial charge on any atom is 0.408 e. The molecule has 122 valence electrons. The summed E-state index contributed by atoms with van der Waals surface area (Å²) in [4.78, 5) is 1.42. The molecule has 1 N–H and O–H groups in total. The van der Waals surface area contributed by atoms with Crippen molar-refractivity contribution in [1.82, 2.24) is 10.2 Å². The molecule has 0 bridgehead atoms. The van der Waals surface area contributed by atoms with E-state index in [9.17, 15) is 13.2 Å². The van der Waals surface area contributed by atoms with Gasteiger partial charge in [0.2, 0.25) is 12.5 Å². The summed E-state index contributed by atoms with van der Waals surface area (Å²) in [5.74, 6) is 0.903. The highest BCUT2D eigenvalue weighted by Crippen LogP contribution is 2.46. The van der Waals surface area contributed by atoms with Crippen molar-refractivity contribution in [2.45, 2.75) is 12.2 Å². The van der Waals surface area contributed by atoms with Gasteiger partial charge in [-0.25, -0.2) is 0 Å². The molecular formula is C14H17F3N2O3. The van der Waals surface area contributed by atoms with Crippen LogP contribution >= 0.6 is 0 Å². The summed E-state index contributed by atoms with van der Waals surface area (Å²) in [6.45, 7) is 1.73. The van der Waals surface area contributed by atoms with Crippen LogP contribution in [-0.2, 0) is 0 Å². The Balaban J connectivity index is 2.00. The Morgan fingerprint density at radius 2 is 1.95 bits per heavy atom. The third-order valence-electron chi connectivity index (χ3n) is 3.82. The molecule has 0 unspecified atom stereocenters. The molecule has 1 saturated heterocycles. The molecule has 1 fully saturated rings. The predicted molar refractivity (Wildman–Crippen MR) is 72.4 cm³/mol. The normalized spacial score (nSPS) is 20.0. The van der Waals surface area contributed by atoms with E-state index in [-0.39, 0.29) is 18.1 Å². The third kappa shape index (κ3) is 2.80. The van der Waals surface area contributed by atoms with Crippen molar-refractivity contribution in [3.63, 3.8) is 0 Å². The van der Waals surface area contributed by atoms with Gasteiger partial charge in [0.15, 0.2) is 11.5 Å². The monoisotopic (exact) mass is 318 g/mol. The van der Waals surface area contributed by atoms with Crippen LogP contribution in [0.25, 0.3) is 0 Å². The van der Waals surface area contributed by atoms with Gasteiger partial charge in [-0.15, -0.1) is 0 Å². The second-order valence-corrected chi connectivity index (χ2v) is 5.19.